The van der Waals surface area contributed by atoms with Gasteiger partial charge in [0.05, 0.1) is 9.79 Å². The quantitative estimate of drug-likeness (QED) is 0.268. The molecule has 10 heteroatoms. The van der Waals surface area contributed by atoms with Gasteiger partial charge in [-0.15, -0.1) is 0 Å². The monoisotopic (exact) mass is 448 g/mol. The minimum Gasteiger partial charge on any atom is -0.504 e. The molecule has 0 amide bonds. The summed E-state index contributed by atoms with van der Waals surface area (Å²) in [6, 6.07) is 18.0. The lowest BCUT2D eigenvalue weighted by Gasteiger charge is -2.03. The van der Waals surface area contributed by atoms with E-state index in [1.54, 1.807) is 12.1 Å². The van der Waals surface area contributed by atoms with E-state index in [-0.39, 0.29) is 21.3 Å². The molecule has 0 radical (unpaired) electrons. The highest BCUT2D eigenvalue weighted by Gasteiger charge is 2.13. The minimum absolute atomic E-state index is 0.0481. The molecule has 8 nitrogen and oxygen atoms in total. The maximum Gasteiger partial charge on any atom is 0.294 e. The van der Waals surface area contributed by atoms with Crippen molar-refractivity contribution in [2.24, 2.45) is 0 Å². The standard InChI is InChI=1S/C10H8O6S2.C10H8O2/c11-17(12,13)9-3-1-7-5-10(18(14,15)16)4-2-8(7)6-9;11-9-6-5-7-3-1-2-4-8(7)10(9)12/h1-6H,(H,11,12,13)(H,14,15,16);1-6,11-12H. The SMILES string of the molecule is O=S(=O)(O)c1ccc2cc(S(=O)(=O)O)ccc2c1.Oc1ccc2ccccc2c1O. The highest BCUT2D eigenvalue weighted by atomic mass is 32.2. The number of benzene rings is 4. The molecule has 0 aliphatic heterocycles. The minimum atomic E-state index is -4.30. The van der Waals surface area contributed by atoms with Gasteiger partial charge in [0.15, 0.2) is 11.5 Å². The van der Waals surface area contributed by atoms with Crippen LogP contribution in [0.15, 0.2) is 82.6 Å². The van der Waals surface area contributed by atoms with Gasteiger partial charge in [-0.1, -0.05) is 42.5 Å². The van der Waals surface area contributed by atoms with Crippen molar-refractivity contribution in [2.45, 2.75) is 9.79 Å². The molecule has 0 spiro atoms. The van der Waals surface area contributed by atoms with Gasteiger partial charge in [0.1, 0.15) is 0 Å². The molecule has 30 heavy (non-hydrogen) atoms. The van der Waals surface area contributed by atoms with Gasteiger partial charge in [-0.2, -0.15) is 16.8 Å². The van der Waals surface area contributed by atoms with Crippen LogP contribution in [0.1, 0.15) is 0 Å². The van der Waals surface area contributed by atoms with Gasteiger partial charge < -0.3 is 10.2 Å². The van der Waals surface area contributed by atoms with E-state index in [2.05, 4.69) is 0 Å². The van der Waals surface area contributed by atoms with Crippen LogP contribution in [0.4, 0.5) is 0 Å². The second kappa shape index (κ2) is 7.92. The summed E-state index contributed by atoms with van der Waals surface area (Å²) in [5.74, 6) is -0.123. The Bertz CT molecular complexity index is 1390. The van der Waals surface area contributed by atoms with Crippen LogP contribution in [0, 0.1) is 0 Å². The number of aromatic hydroxyl groups is 2. The number of hydrogen-bond donors (Lipinski definition) is 4. The molecule has 4 N–H and O–H groups in total. The van der Waals surface area contributed by atoms with Gasteiger partial charge in [0, 0.05) is 5.39 Å². The Morgan fingerprint density at radius 1 is 0.567 bits per heavy atom. The molecule has 0 bridgehead atoms. The van der Waals surface area contributed by atoms with Crippen molar-refractivity contribution >= 4 is 41.8 Å². The maximum absolute atomic E-state index is 10.9. The van der Waals surface area contributed by atoms with Crippen LogP contribution in [0.5, 0.6) is 11.5 Å². The van der Waals surface area contributed by atoms with E-state index in [0.29, 0.717) is 16.2 Å². The molecule has 0 unspecified atom stereocenters. The second-order valence-electron chi connectivity index (χ2n) is 6.28. The molecule has 0 aromatic heterocycles. The van der Waals surface area contributed by atoms with Crippen LogP contribution in [0.2, 0.25) is 0 Å². The Kier molecular flexibility index (Phi) is 5.68. The highest BCUT2D eigenvalue weighted by molar-refractivity contribution is 7.86. The molecule has 4 aromatic rings. The number of rotatable bonds is 2. The summed E-state index contributed by atoms with van der Waals surface area (Å²) in [5, 5.41) is 21.0. The van der Waals surface area contributed by atoms with Crippen LogP contribution >= 0.6 is 0 Å². The van der Waals surface area contributed by atoms with Gasteiger partial charge in [-0.05, 0) is 46.5 Å². The van der Waals surface area contributed by atoms with Gasteiger partial charge in [0.2, 0.25) is 0 Å². The van der Waals surface area contributed by atoms with E-state index >= 15 is 0 Å². The van der Waals surface area contributed by atoms with E-state index in [4.69, 9.17) is 14.2 Å². The predicted molar refractivity (Wildman–Crippen MR) is 111 cm³/mol. The van der Waals surface area contributed by atoms with Crippen LogP contribution in [0.25, 0.3) is 21.5 Å². The zero-order valence-electron chi connectivity index (χ0n) is 15.2. The van der Waals surface area contributed by atoms with Gasteiger partial charge in [0.25, 0.3) is 20.2 Å². The van der Waals surface area contributed by atoms with E-state index in [9.17, 15) is 21.9 Å². The van der Waals surface area contributed by atoms with Crippen LogP contribution in [-0.4, -0.2) is 36.2 Å². The summed E-state index contributed by atoms with van der Waals surface area (Å²) in [4.78, 5) is -0.566. The van der Waals surface area contributed by atoms with E-state index in [0.717, 1.165) is 17.5 Å². The van der Waals surface area contributed by atoms with Crippen molar-refractivity contribution in [1.82, 2.24) is 0 Å². The first-order chi connectivity index (χ1) is 14.0. The summed E-state index contributed by atoms with van der Waals surface area (Å²) < 4.78 is 61.4. The van der Waals surface area contributed by atoms with Crippen LogP contribution in [-0.2, 0) is 20.2 Å². The Hall–Kier alpha value is -3.18. The third-order valence-corrected chi connectivity index (χ3v) is 5.96. The van der Waals surface area contributed by atoms with Crippen LogP contribution in [0.3, 0.4) is 0 Å². The second-order valence-corrected chi connectivity index (χ2v) is 9.12. The van der Waals surface area contributed by atoms with Gasteiger partial charge >= 0.3 is 0 Å². The molecule has 0 heterocycles. The van der Waals surface area contributed by atoms with Gasteiger partial charge in [-0.25, -0.2) is 0 Å². The molecule has 0 atom stereocenters. The number of phenolic OH excluding ortho intramolecular Hbond substituents is 2. The lowest BCUT2D eigenvalue weighted by molar-refractivity contribution is 0.408. The largest absolute Gasteiger partial charge is 0.504 e. The van der Waals surface area contributed by atoms with Crippen LogP contribution < -0.4 is 0 Å². The summed E-state index contributed by atoms with van der Waals surface area (Å²) in [6.45, 7) is 0. The smallest absolute Gasteiger partial charge is 0.294 e. The lowest BCUT2D eigenvalue weighted by atomic mass is 10.1. The summed E-state index contributed by atoms with van der Waals surface area (Å²) in [5.41, 5.74) is 0. The average molecular weight is 448 g/mol. The fourth-order valence-electron chi connectivity index (χ4n) is 2.77. The Morgan fingerprint density at radius 2 is 1.03 bits per heavy atom. The molecule has 4 rings (SSSR count). The Balaban J connectivity index is 0.000000184. The van der Waals surface area contributed by atoms with Crippen molar-refractivity contribution in [2.75, 3.05) is 0 Å². The summed E-state index contributed by atoms with van der Waals surface area (Å²) in [7, 11) is -8.60. The van der Waals surface area contributed by atoms with Gasteiger partial charge in [-0.3, -0.25) is 9.11 Å². The third kappa shape index (κ3) is 4.69. The Morgan fingerprint density at radius 3 is 1.53 bits per heavy atom. The van der Waals surface area contributed by atoms with Crippen molar-refractivity contribution in [3.63, 3.8) is 0 Å². The maximum atomic E-state index is 10.9. The van der Waals surface area contributed by atoms with E-state index < -0.39 is 20.2 Å². The fourth-order valence-corrected chi connectivity index (χ4v) is 3.80. The third-order valence-electron chi connectivity index (χ3n) is 4.26. The highest BCUT2D eigenvalue weighted by Crippen LogP contribution is 2.32. The molecule has 0 aliphatic carbocycles. The van der Waals surface area contributed by atoms with Crippen molar-refractivity contribution < 1.29 is 36.2 Å². The molecule has 0 saturated carbocycles. The molecule has 0 fully saturated rings. The number of fused-ring (bicyclic) bond motifs is 2. The number of phenols is 2. The van der Waals surface area contributed by atoms with E-state index in [1.807, 2.05) is 18.2 Å². The zero-order chi connectivity index (χ0) is 22.1. The molecular formula is C20H16O8S2. The lowest BCUT2D eigenvalue weighted by Crippen LogP contribution is -1.99. The van der Waals surface area contributed by atoms with Crippen molar-refractivity contribution in [1.29, 1.82) is 0 Å². The molecular weight excluding hydrogens is 432 g/mol. The fraction of sp³-hybridized carbons (Fsp3) is 0. The summed E-state index contributed by atoms with van der Waals surface area (Å²) >= 11 is 0. The first-order valence-electron chi connectivity index (χ1n) is 8.35. The number of hydrogen-bond acceptors (Lipinski definition) is 6. The van der Waals surface area contributed by atoms with E-state index in [1.165, 1.54) is 30.3 Å². The molecule has 4 aromatic carbocycles. The topological polar surface area (TPSA) is 149 Å². The molecule has 0 saturated heterocycles. The predicted octanol–water partition coefficient (Wildman–Crippen LogP) is 3.58. The van der Waals surface area contributed by atoms with Crippen molar-refractivity contribution in [3.05, 3.63) is 72.8 Å². The average Bonchev–Trinajstić information content (AvgIpc) is 2.69. The Labute approximate surface area is 172 Å². The normalized spacial score (nSPS) is 11.8. The molecule has 156 valence electrons. The van der Waals surface area contributed by atoms with Crippen molar-refractivity contribution in [3.8, 4) is 11.5 Å². The zero-order valence-corrected chi connectivity index (χ0v) is 16.8. The summed E-state index contributed by atoms with van der Waals surface area (Å²) in [6.07, 6.45) is 0. The first kappa shape index (κ1) is 21.5. The molecule has 0 aliphatic rings. The first-order valence-corrected chi connectivity index (χ1v) is 11.2.